The predicted octanol–water partition coefficient (Wildman–Crippen LogP) is -0.347. The highest BCUT2D eigenvalue weighted by atomic mass is 16.4. The molecule has 0 aliphatic heterocycles. The Morgan fingerprint density at radius 1 is 1.42 bits per heavy atom. The third-order valence-corrected chi connectivity index (χ3v) is 2.40. The SMILES string of the molecule is N[C@@]1(C(=O)O)CCC[C@H]1C(=O)O. The molecule has 5 nitrogen and oxygen atoms in total. The van der Waals surface area contributed by atoms with Crippen LogP contribution in [0.25, 0.3) is 0 Å². The monoisotopic (exact) mass is 173 g/mol. The lowest BCUT2D eigenvalue weighted by Crippen LogP contribution is -2.53. The van der Waals surface area contributed by atoms with Crippen molar-refractivity contribution in [2.24, 2.45) is 11.7 Å². The Morgan fingerprint density at radius 2 is 2.00 bits per heavy atom. The first-order valence-corrected chi connectivity index (χ1v) is 3.73. The minimum Gasteiger partial charge on any atom is -0.481 e. The molecule has 2 atom stereocenters. The van der Waals surface area contributed by atoms with Crippen molar-refractivity contribution >= 4 is 11.9 Å². The number of nitrogens with two attached hydrogens (primary N) is 1. The lowest BCUT2D eigenvalue weighted by molar-refractivity contribution is -0.153. The standard InChI is InChI=1S/C7H11NO4/c8-7(6(11)12)3-1-2-4(7)5(9)10/h4H,1-3,8H2,(H,9,10)(H,11,12)/t4-,7-/m0/s1. The number of carboxylic acids is 2. The van der Waals surface area contributed by atoms with Crippen LogP contribution in [0.15, 0.2) is 0 Å². The average molecular weight is 173 g/mol. The molecule has 1 fully saturated rings. The molecule has 0 heterocycles. The molecule has 0 saturated heterocycles. The molecule has 1 aliphatic carbocycles. The van der Waals surface area contributed by atoms with Gasteiger partial charge in [0.25, 0.3) is 0 Å². The van der Waals surface area contributed by atoms with Crippen molar-refractivity contribution in [3.63, 3.8) is 0 Å². The fourth-order valence-corrected chi connectivity index (χ4v) is 1.63. The topological polar surface area (TPSA) is 101 Å². The first kappa shape index (κ1) is 8.99. The van der Waals surface area contributed by atoms with Gasteiger partial charge in [0.05, 0.1) is 5.92 Å². The van der Waals surface area contributed by atoms with Crippen molar-refractivity contribution in [3.8, 4) is 0 Å². The molecule has 5 heteroatoms. The van der Waals surface area contributed by atoms with E-state index in [2.05, 4.69) is 0 Å². The van der Waals surface area contributed by atoms with Gasteiger partial charge in [-0.25, -0.2) is 0 Å². The van der Waals surface area contributed by atoms with E-state index >= 15 is 0 Å². The zero-order chi connectivity index (χ0) is 9.35. The van der Waals surface area contributed by atoms with Crippen LogP contribution in [-0.2, 0) is 9.59 Å². The van der Waals surface area contributed by atoms with Gasteiger partial charge in [0.1, 0.15) is 5.54 Å². The first-order chi connectivity index (χ1) is 5.48. The highest BCUT2D eigenvalue weighted by molar-refractivity contribution is 5.87. The summed E-state index contributed by atoms with van der Waals surface area (Å²) in [4.78, 5) is 21.2. The van der Waals surface area contributed by atoms with E-state index in [9.17, 15) is 9.59 Å². The Balaban J connectivity index is 2.89. The lowest BCUT2D eigenvalue weighted by Gasteiger charge is -2.22. The number of rotatable bonds is 2. The summed E-state index contributed by atoms with van der Waals surface area (Å²) in [6.07, 6.45) is 1.18. The fourth-order valence-electron chi connectivity index (χ4n) is 1.63. The van der Waals surface area contributed by atoms with E-state index in [-0.39, 0.29) is 6.42 Å². The molecule has 0 aromatic carbocycles. The maximum absolute atomic E-state index is 10.6. The van der Waals surface area contributed by atoms with E-state index in [0.29, 0.717) is 12.8 Å². The van der Waals surface area contributed by atoms with Crippen LogP contribution in [0.3, 0.4) is 0 Å². The Hall–Kier alpha value is -1.10. The van der Waals surface area contributed by atoms with E-state index in [1.807, 2.05) is 0 Å². The molecule has 0 spiro atoms. The van der Waals surface area contributed by atoms with Crippen LogP contribution in [0.1, 0.15) is 19.3 Å². The Morgan fingerprint density at radius 3 is 2.33 bits per heavy atom. The molecular weight excluding hydrogens is 162 g/mol. The van der Waals surface area contributed by atoms with E-state index in [1.54, 1.807) is 0 Å². The third-order valence-electron chi connectivity index (χ3n) is 2.40. The van der Waals surface area contributed by atoms with Gasteiger partial charge in [-0.2, -0.15) is 0 Å². The summed E-state index contributed by atoms with van der Waals surface area (Å²) in [5, 5.41) is 17.4. The maximum Gasteiger partial charge on any atom is 0.324 e. The molecule has 0 aromatic heterocycles. The highest BCUT2D eigenvalue weighted by Gasteiger charge is 2.49. The summed E-state index contributed by atoms with van der Waals surface area (Å²) in [6, 6.07) is 0. The van der Waals surface area contributed by atoms with Gasteiger partial charge in [-0.05, 0) is 12.8 Å². The molecule has 1 aliphatic rings. The summed E-state index contributed by atoms with van der Waals surface area (Å²) in [6.45, 7) is 0. The summed E-state index contributed by atoms with van der Waals surface area (Å²) in [5.74, 6) is -3.26. The van der Waals surface area contributed by atoms with E-state index < -0.39 is 23.4 Å². The second-order valence-electron chi connectivity index (χ2n) is 3.13. The zero-order valence-electron chi connectivity index (χ0n) is 6.49. The molecule has 0 unspecified atom stereocenters. The molecule has 68 valence electrons. The van der Waals surface area contributed by atoms with Gasteiger partial charge in [-0.3, -0.25) is 9.59 Å². The van der Waals surface area contributed by atoms with Crippen molar-refractivity contribution in [2.45, 2.75) is 24.8 Å². The van der Waals surface area contributed by atoms with Crippen LogP contribution in [0, 0.1) is 5.92 Å². The number of carbonyl (C=O) groups is 2. The minimum atomic E-state index is -1.55. The molecule has 0 radical (unpaired) electrons. The lowest BCUT2D eigenvalue weighted by atomic mass is 9.88. The van der Waals surface area contributed by atoms with Crippen molar-refractivity contribution < 1.29 is 19.8 Å². The van der Waals surface area contributed by atoms with Gasteiger partial charge >= 0.3 is 11.9 Å². The molecule has 0 amide bonds. The zero-order valence-corrected chi connectivity index (χ0v) is 6.49. The summed E-state index contributed by atoms with van der Waals surface area (Å²) in [5.41, 5.74) is 3.92. The van der Waals surface area contributed by atoms with E-state index in [0.717, 1.165) is 0 Å². The number of hydrogen-bond acceptors (Lipinski definition) is 3. The average Bonchev–Trinajstić information content (AvgIpc) is 2.32. The molecule has 1 saturated carbocycles. The molecule has 1 rings (SSSR count). The largest absolute Gasteiger partial charge is 0.481 e. The van der Waals surface area contributed by atoms with E-state index in [1.165, 1.54) is 0 Å². The van der Waals surface area contributed by atoms with Crippen LogP contribution >= 0.6 is 0 Å². The summed E-state index contributed by atoms with van der Waals surface area (Å²) in [7, 11) is 0. The highest BCUT2D eigenvalue weighted by Crippen LogP contribution is 2.33. The number of aliphatic carboxylic acids is 2. The minimum absolute atomic E-state index is 0.249. The third kappa shape index (κ3) is 1.16. The summed E-state index contributed by atoms with van der Waals surface area (Å²) >= 11 is 0. The Bertz CT molecular complexity index is 227. The molecule has 0 aromatic rings. The van der Waals surface area contributed by atoms with Crippen molar-refractivity contribution in [1.29, 1.82) is 0 Å². The molecule has 0 bridgehead atoms. The van der Waals surface area contributed by atoms with Crippen LogP contribution in [0.2, 0.25) is 0 Å². The van der Waals surface area contributed by atoms with Crippen LogP contribution in [-0.4, -0.2) is 27.7 Å². The normalized spacial score (nSPS) is 34.9. The summed E-state index contributed by atoms with van der Waals surface area (Å²) < 4.78 is 0. The van der Waals surface area contributed by atoms with Crippen molar-refractivity contribution in [3.05, 3.63) is 0 Å². The van der Waals surface area contributed by atoms with Gasteiger partial charge in [0, 0.05) is 0 Å². The fraction of sp³-hybridized carbons (Fsp3) is 0.714. The molecule has 4 N–H and O–H groups in total. The van der Waals surface area contributed by atoms with Crippen molar-refractivity contribution in [2.75, 3.05) is 0 Å². The second-order valence-corrected chi connectivity index (χ2v) is 3.13. The van der Waals surface area contributed by atoms with Gasteiger partial charge < -0.3 is 15.9 Å². The van der Waals surface area contributed by atoms with Crippen LogP contribution in [0.5, 0.6) is 0 Å². The second kappa shape index (κ2) is 2.75. The van der Waals surface area contributed by atoms with Crippen molar-refractivity contribution in [1.82, 2.24) is 0 Å². The molecule has 12 heavy (non-hydrogen) atoms. The first-order valence-electron chi connectivity index (χ1n) is 3.73. The quantitative estimate of drug-likeness (QED) is 0.530. The van der Waals surface area contributed by atoms with Gasteiger partial charge in [0.2, 0.25) is 0 Å². The van der Waals surface area contributed by atoms with Crippen LogP contribution in [0.4, 0.5) is 0 Å². The van der Waals surface area contributed by atoms with Crippen LogP contribution < -0.4 is 5.73 Å². The van der Waals surface area contributed by atoms with Gasteiger partial charge in [0.15, 0.2) is 0 Å². The predicted molar refractivity (Wildman–Crippen MR) is 39.5 cm³/mol. The van der Waals surface area contributed by atoms with Gasteiger partial charge in [-0.1, -0.05) is 6.42 Å². The Kier molecular flexibility index (Phi) is 2.06. The molecular formula is C7H11NO4. The number of carboxylic acid groups (broad SMARTS) is 2. The smallest absolute Gasteiger partial charge is 0.324 e. The van der Waals surface area contributed by atoms with Gasteiger partial charge in [-0.15, -0.1) is 0 Å². The Labute approximate surface area is 69.2 Å². The maximum atomic E-state index is 10.6. The van der Waals surface area contributed by atoms with E-state index in [4.69, 9.17) is 15.9 Å². The number of hydrogen-bond donors (Lipinski definition) is 3.